The third-order valence-electron chi connectivity index (χ3n) is 1.35. The van der Waals surface area contributed by atoms with Gasteiger partial charge in [0.15, 0.2) is 0 Å². The third-order valence-corrected chi connectivity index (χ3v) is 1.67. The second-order valence-corrected chi connectivity index (χ2v) is 3.10. The Balaban J connectivity index is 2.67. The molecule has 0 saturated carbocycles. The molecule has 0 spiro atoms. The predicted octanol–water partition coefficient (Wildman–Crippen LogP) is -0.0944. The van der Waals surface area contributed by atoms with Gasteiger partial charge in [0.2, 0.25) is 0 Å². The molecule has 1 aromatic rings. The van der Waals surface area contributed by atoms with Crippen molar-refractivity contribution >= 4 is 15.9 Å². The van der Waals surface area contributed by atoms with Gasteiger partial charge < -0.3 is 4.74 Å². The monoisotopic (exact) mass is 248 g/mol. The number of aromatic amines is 1. The Hall–Kier alpha value is -0.880. The molecule has 0 aliphatic heterocycles. The molecule has 0 unspecified atom stereocenters. The molecule has 6 heteroatoms. The Morgan fingerprint density at radius 3 is 2.92 bits per heavy atom. The summed E-state index contributed by atoms with van der Waals surface area (Å²) < 4.78 is 6.37. The normalized spacial score (nSPS) is 10.2. The second kappa shape index (κ2) is 4.98. The molecular formula is C7H9BrN2O3. The molecule has 0 amide bonds. The summed E-state index contributed by atoms with van der Waals surface area (Å²) in [6, 6.07) is 1.28. The largest absolute Gasteiger partial charge is 0.360 e. The molecule has 1 heterocycles. The van der Waals surface area contributed by atoms with Crippen molar-refractivity contribution in [2.45, 2.75) is 6.73 Å². The van der Waals surface area contributed by atoms with Gasteiger partial charge >= 0.3 is 5.69 Å². The minimum atomic E-state index is -0.456. The smallest absolute Gasteiger partial charge is 0.330 e. The van der Waals surface area contributed by atoms with Crippen molar-refractivity contribution in [3.05, 3.63) is 33.1 Å². The summed E-state index contributed by atoms with van der Waals surface area (Å²) in [6.45, 7) is 0.673. The number of rotatable bonds is 4. The first-order chi connectivity index (χ1) is 6.24. The van der Waals surface area contributed by atoms with Gasteiger partial charge in [-0.25, -0.2) is 4.79 Å². The highest BCUT2D eigenvalue weighted by Gasteiger charge is 1.94. The van der Waals surface area contributed by atoms with E-state index in [1.165, 1.54) is 16.8 Å². The molecule has 1 rings (SSSR count). The van der Waals surface area contributed by atoms with E-state index in [4.69, 9.17) is 4.74 Å². The van der Waals surface area contributed by atoms with E-state index in [9.17, 15) is 9.59 Å². The van der Waals surface area contributed by atoms with Crippen LogP contribution in [0.25, 0.3) is 0 Å². The fraction of sp³-hybridized carbons (Fsp3) is 0.429. The lowest BCUT2D eigenvalue weighted by Gasteiger charge is -2.03. The molecule has 0 atom stereocenters. The van der Waals surface area contributed by atoms with Crippen molar-refractivity contribution in [3.8, 4) is 0 Å². The first-order valence-electron chi connectivity index (χ1n) is 3.67. The van der Waals surface area contributed by atoms with Gasteiger partial charge in [0, 0.05) is 17.6 Å². The molecule has 0 aliphatic rings. The van der Waals surface area contributed by atoms with Crippen LogP contribution in [0.4, 0.5) is 0 Å². The zero-order valence-electron chi connectivity index (χ0n) is 6.83. The molecule has 0 aromatic carbocycles. The SMILES string of the molecule is O=c1ccn(COCCBr)c(=O)[nH]1. The van der Waals surface area contributed by atoms with Crippen molar-refractivity contribution in [3.63, 3.8) is 0 Å². The van der Waals surface area contributed by atoms with E-state index in [0.717, 1.165) is 0 Å². The van der Waals surface area contributed by atoms with Crippen LogP contribution in [-0.2, 0) is 11.5 Å². The van der Waals surface area contributed by atoms with Crippen molar-refractivity contribution in [2.24, 2.45) is 0 Å². The van der Waals surface area contributed by atoms with E-state index >= 15 is 0 Å². The molecule has 0 radical (unpaired) electrons. The summed E-state index contributed by atoms with van der Waals surface area (Å²) in [4.78, 5) is 23.8. The van der Waals surface area contributed by atoms with Crippen LogP contribution in [-0.4, -0.2) is 21.5 Å². The maximum Gasteiger partial charge on any atom is 0.330 e. The van der Waals surface area contributed by atoms with Crippen molar-refractivity contribution in [2.75, 3.05) is 11.9 Å². The molecule has 1 N–H and O–H groups in total. The molecule has 5 nitrogen and oxygen atoms in total. The number of nitrogens with one attached hydrogen (secondary N) is 1. The van der Waals surface area contributed by atoms with Gasteiger partial charge in [0.1, 0.15) is 6.73 Å². The summed E-state index contributed by atoms with van der Waals surface area (Å²) in [5.41, 5.74) is -0.858. The summed E-state index contributed by atoms with van der Waals surface area (Å²) in [5.74, 6) is 0. The van der Waals surface area contributed by atoms with Crippen LogP contribution in [0.15, 0.2) is 21.9 Å². The van der Waals surface area contributed by atoms with Gasteiger partial charge in [-0.2, -0.15) is 0 Å². The Kier molecular flexibility index (Phi) is 3.91. The molecular weight excluding hydrogens is 240 g/mol. The summed E-state index contributed by atoms with van der Waals surface area (Å²) >= 11 is 3.18. The lowest BCUT2D eigenvalue weighted by Crippen LogP contribution is -2.29. The first-order valence-corrected chi connectivity index (χ1v) is 4.79. The van der Waals surface area contributed by atoms with E-state index in [2.05, 4.69) is 20.9 Å². The van der Waals surface area contributed by atoms with Crippen molar-refractivity contribution < 1.29 is 4.74 Å². The summed E-state index contributed by atoms with van der Waals surface area (Å²) in [6.07, 6.45) is 1.40. The Bertz CT molecular complexity index is 370. The number of alkyl halides is 1. The quantitative estimate of drug-likeness (QED) is 0.599. The first kappa shape index (κ1) is 10.2. The number of hydrogen-bond acceptors (Lipinski definition) is 3. The van der Waals surface area contributed by atoms with Crippen LogP contribution in [0.1, 0.15) is 0 Å². The van der Waals surface area contributed by atoms with Crippen LogP contribution in [0.3, 0.4) is 0 Å². The van der Waals surface area contributed by atoms with E-state index in [-0.39, 0.29) is 6.73 Å². The number of hydrogen-bond donors (Lipinski definition) is 1. The Morgan fingerprint density at radius 2 is 2.31 bits per heavy atom. The number of halogens is 1. The molecule has 13 heavy (non-hydrogen) atoms. The molecule has 0 aliphatic carbocycles. The highest BCUT2D eigenvalue weighted by atomic mass is 79.9. The molecule has 1 aromatic heterocycles. The lowest BCUT2D eigenvalue weighted by molar-refractivity contribution is 0.0868. The molecule has 0 bridgehead atoms. The highest BCUT2D eigenvalue weighted by molar-refractivity contribution is 9.09. The maximum atomic E-state index is 11.0. The zero-order chi connectivity index (χ0) is 9.68. The highest BCUT2D eigenvalue weighted by Crippen LogP contribution is 1.84. The molecule has 0 saturated heterocycles. The maximum absolute atomic E-state index is 11.0. The average molecular weight is 249 g/mol. The minimum absolute atomic E-state index is 0.154. The van der Waals surface area contributed by atoms with E-state index in [1.807, 2.05) is 0 Å². The van der Waals surface area contributed by atoms with Crippen LogP contribution in [0.5, 0.6) is 0 Å². The standard InChI is InChI=1S/C7H9BrN2O3/c8-2-4-13-5-10-3-1-6(11)9-7(10)12/h1,3H,2,4-5H2,(H,9,11,12). The van der Waals surface area contributed by atoms with E-state index < -0.39 is 11.2 Å². The Morgan fingerprint density at radius 1 is 1.54 bits per heavy atom. The van der Waals surface area contributed by atoms with Gasteiger partial charge in [0.25, 0.3) is 5.56 Å². The van der Waals surface area contributed by atoms with Gasteiger partial charge in [-0.3, -0.25) is 14.3 Å². The fourth-order valence-corrected chi connectivity index (χ4v) is 0.992. The van der Waals surface area contributed by atoms with E-state index in [0.29, 0.717) is 11.9 Å². The van der Waals surface area contributed by atoms with Crippen LogP contribution in [0, 0.1) is 0 Å². The third kappa shape index (κ3) is 3.16. The zero-order valence-corrected chi connectivity index (χ0v) is 8.41. The predicted molar refractivity (Wildman–Crippen MR) is 51.1 cm³/mol. The summed E-state index contributed by atoms with van der Waals surface area (Å²) in [5, 5.41) is 0.713. The van der Waals surface area contributed by atoms with Crippen LogP contribution >= 0.6 is 15.9 Å². The minimum Gasteiger partial charge on any atom is -0.360 e. The number of ether oxygens (including phenoxy) is 1. The number of aromatic nitrogens is 2. The van der Waals surface area contributed by atoms with E-state index in [1.54, 1.807) is 0 Å². The van der Waals surface area contributed by atoms with Gasteiger partial charge in [-0.15, -0.1) is 0 Å². The van der Waals surface area contributed by atoms with Crippen LogP contribution in [0.2, 0.25) is 0 Å². The van der Waals surface area contributed by atoms with Crippen LogP contribution < -0.4 is 11.2 Å². The topological polar surface area (TPSA) is 64.1 Å². The van der Waals surface area contributed by atoms with Gasteiger partial charge in [-0.1, -0.05) is 15.9 Å². The van der Waals surface area contributed by atoms with Crippen molar-refractivity contribution in [1.82, 2.24) is 9.55 Å². The average Bonchev–Trinajstić information content (AvgIpc) is 2.09. The number of H-pyrrole nitrogens is 1. The Labute approximate surface area is 82.5 Å². The fourth-order valence-electron chi connectivity index (χ4n) is 0.763. The number of nitrogens with zero attached hydrogens (tertiary/aromatic N) is 1. The lowest BCUT2D eigenvalue weighted by atomic mass is 10.6. The van der Waals surface area contributed by atoms with Gasteiger partial charge in [-0.05, 0) is 0 Å². The van der Waals surface area contributed by atoms with Crippen molar-refractivity contribution in [1.29, 1.82) is 0 Å². The van der Waals surface area contributed by atoms with Gasteiger partial charge in [0.05, 0.1) is 6.61 Å². The second-order valence-electron chi connectivity index (χ2n) is 2.31. The molecule has 72 valence electrons. The molecule has 0 fully saturated rings. The summed E-state index contributed by atoms with van der Waals surface area (Å²) in [7, 11) is 0.